The average molecular weight is 583 g/mol. The maximum absolute atomic E-state index is 14.2. The summed E-state index contributed by atoms with van der Waals surface area (Å²) in [5, 5.41) is 9.94. The van der Waals surface area contributed by atoms with Crippen LogP contribution in [0.15, 0.2) is 112 Å². The summed E-state index contributed by atoms with van der Waals surface area (Å²) in [6.07, 6.45) is 3.93. The normalized spacial score (nSPS) is 24.7. The molecule has 1 N–H and O–H groups in total. The Balaban J connectivity index is 1.16. The molecule has 3 aromatic carbocycles. The van der Waals surface area contributed by atoms with Crippen LogP contribution in [0.5, 0.6) is 5.75 Å². The molecular weight excluding hydrogens is 556 g/mol. The number of rotatable bonds is 3. The molecule has 2 amide bonds. The molecule has 1 aromatic heterocycles. The number of benzene rings is 3. The van der Waals surface area contributed by atoms with Gasteiger partial charge in [0.1, 0.15) is 11.3 Å². The zero-order chi connectivity index (χ0) is 30.3. The van der Waals surface area contributed by atoms with E-state index in [0.717, 1.165) is 22.2 Å². The van der Waals surface area contributed by atoms with Gasteiger partial charge in [0.25, 0.3) is 0 Å². The third-order valence-corrected chi connectivity index (χ3v) is 9.46. The second-order valence-corrected chi connectivity index (χ2v) is 11.9. The van der Waals surface area contributed by atoms with Crippen molar-refractivity contribution >= 4 is 40.2 Å². The van der Waals surface area contributed by atoms with Gasteiger partial charge in [-0.15, -0.1) is 0 Å². The monoisotopic (exact) mass is 582 g/mol. The summed E-state index contributed by atoms with van der Waals surface area (Å²) in [6, 6.07) is 21.1. The maximum Gasteiger partial charge on any atom is 0.238 e. The van der Waals surface area contributed by atoms with E-state index in [4.69, 9.17) is 4.42 Å². The lowest BCUT2D eigenvalue weighted by Crippen LogP contribution is -2.39. The van der Waals surface area contributed by atoms with Gasteiger partial charge < -0.3 is 9.52 Å². The van der Waals surface area contributed by atoms with Crippen LogP contribution in [0.2, 0.25) is 0 Å². The molecule has 1 saturated heterocycles. The lowest BCUT2D eigenvalue weighted by atomic mass is 9.59. The molecule has 8 heteroatoms. The van der Waals surface area contributed by atoms with Crippen molar-refractivity contribution < 1.29 is 28.7 Å². The zero-order valence-electron chi connectivity index (χ0n) is 23.7. The fourth-order valence-electron chi connectivity index (χ4n) is 7.41. The van der Waals surface area contributed by atoms with Crippen molar-refractivity contribution in [1.29, 1.82) is 0 Å². The highest BCUT2D eigenvalue weighted by molar-refractivity contribution is 6.25. The van der Waals surface area contributed by atoms with Gasteiger partial charge >= 0.3 is 0 Å². The molecule has 4 aromatic rings. The molecule has 4 atom stereocenters. The third-order valence-electron chi connectivity index (χ3n) is 9.46. The number of fused-ring (bicyclic) bond motifs is 4. The molecule has 1 aliphatic heterocycles. The van der Waals surface area contributed by atoms with Crippen LogP contribution >= 0.6 is 0 Å². The summed E-state index contributed by atoms with van der Waals surface area (Å²) in [5.74, 6) is -2.66. The molecule has 0 radical (unpaired) electrons. The molecule has 4 unspecified atom stereocenters. The molecular formula is C36H26N2O6. The quantitative estimate of drug-likeness (QED) is 0.183. The van der Waals surface area contributed by atoms with E-state index >= 15 is 0 Å². The Morgan fingerprint density at radius 1 is 0.886 bits per heavy atom. The largest absolute Gasteiger partial charge is 0.508 e. The van der Waals surface area contributed by atoms with Crippen molar-refractivity contribution in [2.24, 2.45) is 17.8 Å². The van der Waals surface area contributed by atoms with Crippen LogP contribution in [0.1, 0.15) is 31.2 Å². The molecule has 216 valence electrons. The molecule has 3 aliphatic carbocycles. The number of phenolic OH excluding ortho intramolecular Hbond substituents is 1. The topological polar surface area (TPSA) is 118 Å². The Morgan fingerprint density at radius 2 is 1.64 bits per heavy atom. The Morgan fingerprint density at radius 3 is 2.39 bits per heavy atom. The summed E-state index contributed by atoms with van der Waals surface area (Å²) in [6.45, 7) is 1.64. The van der Waals surface area contributed by atoms with E-state index in [1.807, 2.05) is 30.3 Å². The van der Waals surface area contributed by atoms with Crippen molar-refractivity contribution in [3.63, 3.8) is 0 Å². The molecule has 8 rings (SSSR count). The number of anilines is 1. The average Bonchev–Trinajstić information content (AvgIpc) is 3.58. The molecule has 2 heterocycles. The highest BCUT2D eigenvalue weighted by Gasteiger charge is 2.56. The van der Waals surface area contributed by atoms with Crippen molar-refractivity contribution in [2.45, 2.75) is 25.7 Å². The molecule has 1 fully saturated rings. The van der Waals surface area contributed by atoms with Gasteiger partial charge in [-0.25, -0.2) is 4.98 Å². The van der Waals surface area contributed by atoms with Crippen LogP contribution in [-0.4, -0.2) is 33.5 Å². The standard InChI is InChI=1S/C36H26N2O6/c1-18-16-28(40)26-17-25-23(30(32(26)33(18)41)19-8-12-22(39)13-9-19)14-15-24-31(25)36(43)38(35(24)42)21-10-6-20(7-11-21)34-37-27-4-2-3-5-29(27)44-34/h2-14,16,24-25,30-31,39H,15,17H2,1H3. The number of ketones is 2. The van der Waals surface area contributed by atoms with Crippen LogP contribution in [0, 0.1) is 17.8 Å². The van der Waals surface area contributed by atoms with E-state index in [-0.39, 0.29) is 35.6 Å². The first-order valence-corrected chi connectivity index (χ1v) is 14.6. The SMILES string of the molecule is CC1=CC(=O)C2=C(C1=O)C(c1ccc(O)cc1)C1=CCC3C(=O)N(c4ccc(-c5nc6ccccc6o5)cc4)C(=O)C3C1C2. The number of hydrogen-bond donors (Lipinski definition) is 1. The fraction of sp³-hybridized carbons (Fsp3) is 0.194. The van der Waals surface area contributed by atoms with Gasteiger partial charge in [-0.2, -0.15) is 0 Å². The first-order chi connectivity index (χ1) is 21.3. The molecule has 44 heavy (non-hydrogen) atoms. The number of para-hydroxylation sites is 2. The first kappa shape index (κ1) is 26.3. The molecule has 0 bridgehead atoms. The number of oxazole rings is 1. The summed E-state index contributed by atoms with van der Waals surface area (Å²) in [7, 11) is 0. The summed E-state index contributed by atoms with van der Waals surface area (Å²) in [4.78, 5) is 60.6. The van der Waals surface area contributed by atoms with Crippen LogP contribution in [0.25, 0.3) is 22.6 Å². The van der Waals surface area contributed by atoms with Gasteiger partial charge in [-0.05, 0) is 85.9 Å². The number of carbonyl (C=O) groups excluding carboxylic acids is 4. The van der Waals surface area contributed by atoms with Crippen LogP contribution < -0.4 is 4.90 Å². The maximum atomic E-state index is 14.2. The van der Waals surface area contributed by atoms with E-state index in [0.29, 0.717) is 40.3 Å². The number of imide groups is 1. The predicted octanol–water partition coefficient (Wildman–Crippen LogP) is 5.83. The van der Waals surface area contributed by atoms with E-state index in [9.17, 15) is 24.3 Å². The van der Waals surface area contributed by atoms with Crippen LogP contribution in [0.3, 0.4) is 0 Å². The Kier molecular flexibility index (Phi) is 5.71. The Hall–Kier alpha value is -5.37. The van der Waals surface area contributed by atoms with Gasteiger partial charge in [-0.1, -0.05) is 35.9 Å². The summed E-state index contributed by atoms with van der Waals surface area (Å²) in [5.41, 5.74) is 5.44. The Labute approximate surface area is 252 Å². The molecule has 0 spiro atoms. The highest BCUT2D eigenvalue weighted by Crippen LogP contribution is 2.55. The van der Waals surface area contributed by atoms with E-state index in [2.05, 4.69) is 4.98 Å². The fourth-order valence-corrected chi connectivity index (χ4v) is 7.41. The number of amides is 2. The molecule has 8 nitrogen and oxygen atoms in total. The predicted molar refractivity (Wildman–Crippen MR) is 161 cm³/mol. The minimum absolute atomic E-state index is 0.0875. The zero-order valence-corrected chi connectivity index (χ0v) is 23.7. The minimum Gasteiger partial charge on any atom is -0.508 e. The summed E-state index contributed by atoms with van der Waals surface area (Å²) < 4.78 is 5.88. The van der Waals surface area contributed by atoms with E-state index in [1.54, 1.807) is 55.5 Å². The number of aromatic nitrogens is 1. The van der Waals surface area contributed by atoms with Crippen LogP contribution in [-0.2, 0) is 19.2 Å². The highest BCUT2D eigenvalue weighted by atomic mass is 16.3. The lowest BCUT2D eigenvalue weighted by molar-refractivity contribution is -0.123. The van der Waals surface area contributed by atoms with Gasteiger partial charge in [0.05, 0.1) is 17.5 Å². The van der Waals surface area contributed by atoms with Crippen molar-refractivity contribution in [2.75, 3.05) is 4.90 Å². The van der Waals surface area contributed by atoms with Gasteiger partial charge in [0.15, 0.2) is 17.1 Å². The van der Waals surface area contributed by atoms with Crippen molar-refractivity contribution in [1.82, 2.24) is 4.98 Å². The van der Waals surface area contributed by atoms with Crippen molar-refractivity contribution in [3.05, 3.63) is 113 Å². The van der Waals surface area contributed by atoms with Crippen LogP contribution in [0.4, 0.5) is 5.69 Å². The number of allylic oxidation sites excluding steroid dienone is 6. The Bertz CT molecular complexity index is 2000. The van der Waals surface area contributed by atoms with Gasteiger partial charge in [0.2, 0.25) is 17.7 Å². The molecule has 0 saturated carbocycles. The number of Topliss-reactive ketones (excluding diaryl/α,β-unsaturated/α-hetero) is 1. The number of hydrogen-bond acceptors (Lipinski definition) is 7. The van der Waals surface area contributed by atoms with Gasteiger partial charge in [-0.3, -0.25) is 24.1 Å². The third kappa shape index (κ3) is 3.80. The second kappa shape index (κ2) is 9.57. The van der Waals surface area contributed by atoms with Crippen molar-refractivity contribution in [3.8, 4) is 17.2 Å². The first-order valence-electron chi connectivity index (χ1n) is 14.6. The number of carbonyl (C=O) groups is 4. The number of aromatic hydroxyl groups is 1. The number of phenols is 1. The minimum atomic E-state index is -0.664. The van der Waals surface area contributed by atoms with E-state index < -0.39 is 23.7 Å². The second-order valence-electron chi connectivity index (χ2n) is 11.9. The molecule has 4 aliphatic rings. The van der Waals surface area contributed by atoms with E-state index in [1.165, 1.54) is 11.0 Å². The van der Waals surface area contributed by atoms with Gasteiger partial charge in [0, 0.05) is 28.2 Å². The smallest absolute Gasteiger partial charge is 0.238 e. The number of nitrogens with zero attached hydrogens (tertiary/aromatic N) is 2. The lowest BCUT2D eigenvalue weighted by Gasteiger charge is -2.42. The summed E-state index contributed by atoms with van der Waals surface area (Å²) >= 11 is 0.